The molecule has 292 valence electrons. The Morgan fingerprint density at radius 1 is 0.821 bits per heavy atom. The van der Waals surface area contributed by atoms with Crippen molar-refractivity contribution >= 4 is 28.7 Å². The van der Waals surface area contributed by atoms with E-state index in [9.17, 15) is 4.79 Å². The first-order chi connectivity index (χ1) is 26.6. The number of hydrogen-bond donors (Lipinski definition) is 0. The minimum atomic E-state index is -0.163. The summed E-state index contributed by atoms with van der Waals surface area (Å²) in [7, 11) is 0. The zero-order valence-corrected chi connectivity index (χ0v) is 35.6. The molecule has 0 saturated heterocycles. The standard InChI is InChI=1S/C52H62N2O2/c1-34(2)47(33-52(9,10)11)51(55)56-50-26-23-46(32-40(50)8)54(45-20-14-17-37(5)29-45)49-25-22-42(31-39(49)7)41-21-24-48(38(6)30-41)53(43-18-12-15-35(3)27-43)44-19-13-16-36(4)28-44/h12-18,20-26,28-32,34-35,44,47H,19,27,33H2,1-11H3. The van der Waals surface area contributed by atoms with Gasteiger partial charge in [0.2, 0.25) is 0 Å². The van der Waals surface area contributed by atoms with Gasteiger partial charge >= 0.3 is 5.97 Å². The first-order valence-electron chi connectivity index (χ1n) is 20.5. The molecule has 0 fully saturated rings. The summed E-state index contributed by atoms with van der Waals surface area (Å²) in [5, 5.41) is 0. The number of aryl methyl sites for hydroxylation is 4. The van der Waals surface area contributed by atoms with Crippen LogP contribution < -0.4 is 14.5 Å². The van der Waals surface area contributed by atoms with Crippen LogP contribution in [-0.2, 0) is 4.79 Å². The number of anilines is 4. The smallest absolute Gasteiger partial charge is 0.314 e. The van der Waals surface area contributed by atoms with Crippen molar-refractivity contribution in [3.63, 3.8) is 0 Å². The Hall–Kier alpha value is -5.09. The molecule has 0 radical (unpaired) electrons. The van der Waals surface area contributed by atoms with E-state index in [1.807, 2.05) is 13.0 Å². The fourth-order valence-corrected chi connectivity index (χ4v) is 8.26. The molecule has 0 spiro atoms. The molecular weight excluding hydrogens is 685 g/mol. The minimum Gasteiger partial charge on any atom is -0.426 e. The van der Waals surface area contributed by atoms with E-state index in [1.54, 1.807) is 0 Å². The second kappa shape index (κ2) is 17.0. The van der Waals surface area contributed by atoms with E-state index in [1.165, 1.54) is 44.8 Å². The maximum atomic E-state index is 13.5. The summed E-state index contributed by atoms with van der Waals surface area (Å²) in [5.74, 6) is 1.01. The second-order valence-corrected chi connectivity index (χ2v) is 17.9. The zero-order chi connectivity index (χ0) is 40.3. The summed E-state index contributed by atoms with van der Waals surface area (Å²) >= 11 is 0. The van der Waals surface area contributed by atoms with Crippen LogP contribution in [0.3, 0.4) is 0 Å². The average Bonchev–Trinajstić information content (AvgIpc) is 3.13. The molecule has 0 bridgehead atoms. The molecule has 3 atom stereocenters. The summed E-state index contributed by atoms with van der Waals surface area (Å²) in [5.41, 5.74) is 14.1. The topological polar surface area (TPSA) is 32.8 Å². The Kier molecular flexibility index (Phi) is 12.3. The molecule has 4 nitrogen and oxygen atoms in total. The van der Waals surface area contributed by atoms with Gasteiger partial charge in [0.15, 0.2) is 0 Å². The molecule has 3 unspecified atom stereocenters. The highest BCUT2D eigenvalue weighted by molar-refractivity contribution is 5.82. The average molecular weight is 747 g/mol. The number of nitrogens with zero attached hydrogens (tertiary/aromatic N) is 2. The largest absolute Gasteiger partial charge is 0.426 e. The Balaban J connectivity index is 1.32. The number of carbonyl (C=O) groups excluding carboxylic acids is 1. The summed E-state index contributed by atoms with van der Waals surface area (Å²) < 4.78 is 6.11. The lowest BCUT2D eigenvalue weighted by atomic mass is 9.80. The third-order valence-electron chi connectivity index (χ3n) is 11.2. The van der Waals surface area contributed by atoms with E-state index in [0.717, 1.165) is 41.9 Å². The van der Waals surface area contributed by atoms with Gasteiger partial charge in [-0.05, 0) is 165 Å². The third kappa shape index (κ3) is 9.46. The number of ether oxygens (including phenoxy) is 1. The maximum absolute atomic E-state index is 13.5. The lowest BCUT2D eigenvalue weighted by Crippen LogP contribution is -2.35. The van der Waals surface area contributed by atoms with Crippen molar-refractivity contribution < 1.29 is 9.53 Å². The van der Waals surface area contributed by atoms with Gasteiger partial charge in [0.1, 0.15) is 5.75 Å². The van der Waals surface area contributed by atoms with Gasteiger partial charge in [-0.15, -0.1) is 0 Å². The predicted molar refractivity (Wildman–Crippen MR) is 238 cm³/mol. The Morgan fingerprint density at radius 2 is 1.50 bits per heavy atom. The number of hydrogen-bond acceptors (Lipinski definition) is 4. The number of rotatable bonds is 11. The van der Waals surface area contributed by atoms with Gasteiger partial charge in [-0.3, -0.25) is 4.79 Å². The van der Waals surface area contributed by atoms with E-state index < -0.39 is 0 Å². The van der Waals surface area contributed by atoms with Gasteiger partial charge in [-0.2, -0.15) is 0 Å². The maximum Gasteiger partial charge on any atom is 0.314 e. The molecule has 0 aromatic heterocycles. The summed E-state index contributed by atoms with van der Waals surface area (Å²) in [6.07, 6.45) is 16.6. The lowest BCUT2D eigenvalue weighted by molar-refractivity contribution is -0.141. The Bertz CT molecular complexity index is 2190. The molecule has 56 heavy (non-hydrogen) atoms. The van der Waals surface area contributed by atoms with Crippen molar-refractivity contribution in [3.05, 3.63) is 149 Å². The van der Waals surface area contributed by atoms with Crippen molar-refractivity contribution in [2.45, 2.75) is 101 Å². The molecule has 2 aliphatic carbocycles. The van der Waals surface area contributed by atoms with Gasteiger partial charge in [0.25, 0.3) is 0 Å². The van der Waals surface area contributed by atoms with Crippen LogP contribution in [-0.4, -0.2) is 12.0 Å². The van der Waals surface area contributed by atoms with Crippen LogP contribution in [0.5, 0.6) is 5.75 Å². The van der Waals surface area contributed by atoms with Crippen LogP contribution in [0.4, 0.5) is 22.7 Å². The Labute approximate surface area is 337 Å². The number of benzene rings is 4. The lowest BCUT2D eigenvalue weighted by Gasteiger charge is -2.37. The quantitative estimate of drug-likeness (QED) is 0.113. The second-order valence-electron chi connectivity index (χ2n) is 17.9. The monoisotopic (exact) mass is 746 g/mol. The summed E-state index contributed by atoms with van der Waals surface area (Å²) in [6.45, 7) is 23.9. The highest BCUT2D eigenvalue weighted by Gasteiger charge is 2.30. The van der Waals surface area contributed by atoms with E-state index in [0.29, 0.717) is 17.7 Å². The predicted octanol–water partition coefficient (Wildman–Crippen LogP) is 14.2. The normalized spacial score (nSPS) is 17.4. The fourth-order valence-electron chi connectivity index (χ4n) is 8.26. The van der Waals surface area contributed by atoms with Crippen LogP contribution in [0.15, 0.2) is 127 Å². The zero-order valence-electron chi connectivity index (χ0n) is 35.6. The van der Waals surface area contributed by atoms with E-state index in [4.69, 9.17) is 4.74 Å². The van der Waals surface area contributed by atoms with Crippen molar-refractivity contribution in [1.29, 1.82) is 0 Å². The molecule has 0 saturated carbocycles. The van der Waals surface area contributed by atoms with E-state index in [-0.39, 0.29) is 23.2 Å². The van der Waals surface area contributed by atoms with Gasteiger partial charge in [0.05, 0.1) is 12.0 Å². The third-order valence-corrected chi connectivity index (χ3v) is 11.2. The first-order valence-corrected chi connectivity index (χ1v) is 20.5. The number of allylic oxidation sites excluding steroid dienone is 6. The molecule has 0 aliphatic heterocycles. The molecule has 4 heteroatoms. The molecule has 2 aliphatic rings. The summed E-state index contributed by atoms with van der Waals surface area (Å²) in [6, 6.07) is 28.8. The van der Waals surface area contributed by atoms with E-state index in [2.05, 4.69) is 188 Å². The molecule has 4 aromatic rings. The molecule has 0 N–H and O–H groups in total. The van der Waals surface area contributed by atoms with Crippen molar-refractivity contribution in [2.75, 3.05) is 9.80 Å². The van der Waals surface area contributed by atoms with Crippen LogP contribution in [0.25, 0.3) is 11.1 Å². The highest BCUT2D eigenvalue weighted by atomic mass is 16.5. The highest BCUT2D eigenvalue weighted by Crippen LogP contribution is 2.41. The molecule has 0 amide bonds. The van der Waals surface area contributed by atoms with Gasteiger partial charge in [-0.25, -0.2) is 0 Å². The van der Waals surface area contributed by atoms with Gasteiger partial charge in [-0.1, -0.05) is 102 Å². The Morgan fingerprint density at radius 3 is 2.09 bits per heavy atom. The van der Waals surface area contributed by atoms with Gasteiger partial charge in [0, 0.05) is 28.4 Å². The first kappa shape index (κ1) is 40.6. The van der Waals surface area contributed by atoms with Crippen LogP contribution in [0.2, 0.25) is 0 Å². The number of esters is 1. The van der Waals surface area contributed by atoms with Crippen LogP contribution in [0.1, 0.15) is 90.0 Å². The summed E-state index contributed by atoms with van der Waals surface area (Å²) in [4.78, 5) is 18.4. The van der Waals surface area contributed by atoms with Crippen LogP contribution in [0, 0.1) is 50.9 Å². The number of carbonyl (C=O) groups is 1. The SMILES string of the molecule is CC1=CC(N(C2=CC=CC(C)C2)c2ccc(-c3ccc(N(c4cccc(C)c4)c4ccc(OC(=O)C(CC(C)(C)C)C(C)C)c(C)c4)c(C)c3)cc2C)CC=C1. The van der Waals surface area contributed by atoms with E-state index >= 15 is 0 Å². The molecule has 6 rings (SSSR count). The van der Waals surface area contributed by atoms with Gasteiger partial charge < -0.3 is 14.5 Å². The van der Waals surface area contributed by atoms with Crippen molar-refractivity contribution in [1.82, 2.24) is 0 Å². The van der Waals surface area contributed by atoms with Crippen molar-refractivity contribution in [3.8, 4) is 16.9 Å². The minimum absolute atomic E-state index is 0.0329. The van der Waals surface area contributed by atoms with Crippen LogP contribution >= 0.6 is 0 Å². The molecule has 0 heterocycles. The molecular formula is C52H62N2O2. The van der Waals surface area contributed by atoms with Crippen molar-refractivity contribution in [2.24, 2.45) is 23.2 Å². The fraction of sp³-hybridized carbons (Fsp3) is 0.365. The molecule has 4 aromatic carbocycles.